The molecular formula is C19H21N5O3. The zero-order valence-electron chi connectivity index (χ0n) is 15.2. The van der Waals surface area contributed by atoms with Gasteiger partial charge in [0, 0.05) is 30.2 Å². The van der Waals surface area contributed by atoms with Gasteiger partial charge in [0.1, 0.15) is 11.6 Å². The van der Waals surface area contributed by atoms with E-state index in [1.165, 1.54) is 6.20 Å². The highest BCUT2D eigenvalue weighted by atomic mass is 16.5. The van der Waals surface area contributed by atoms with Gasteiger partial charge in [0.25, 0.3) is 5.91 Å². The van der Waals surface area contributed by atoms with Gasteiger partial charge in [-0.15, -0.1) is 0 Å². The summed E-state index contributed by atoms with van der Waals surface area (Å²) >= 11 is 0. The van der Waals surface area contributed by atoms with E-state index < -0.39 is 0 Å². The molecule has 1 amide bonds. The Balaban J connectivity index is 1.84. The number of pyridine rings is 2. The highest BCUT2D eigenvalue weighted by Gasteiger charge is 2.14. The first-order valence-corrected chi connectivity index (χ1v) is 8.59. The maximum absolute atomic E-state index is 12.6. The number of rotatable bonds is 7. The van der Waals surface area contributed by atoms with Crippen LogP contribution in [-0.2, 0) is 6.54 Å². The predicted molar refractivity (Wildman–Crippen MR) is 100 cm³/mol. The van der Waals surface area contributed by atoms with Gasteiger partial charge in [-0.25, -0.2) is 4.68 Å². The number of hydrogen-bond acceptors (Lipinski definition) is 6. The van der Waals surface area contributed by atoms with Crippen molar-refractivity contribution in [3.05, 3.63) is 54.6 Å². The van der Waals surface area contributed by atoms with Crippen molar-refractivity contribution in [2.75, 3.05) is 11.9 Å². The molecule has 3 heterocycles. The smallest absolute Gasteiger partial charge is 0.258 e. The van der Waals surface area contributed by atoms with Crippen LogP contribution >= 0.6 is 0 Å². The van der Waals surface area contributed by atoms with Crippen LogP contribution in [0.5, 0.6) is 5.75 Å². The fourth-order valence-corrected chi connectivity index (χ4v) is 2.51. The lowest BCUT2D eigenvalue weighted by Gasteiger charge is -2.11. The number of anilines is 1. The number of ether oxygens (including phenoxy) is 1. The van der Waals surface area contributed by atoms with Crippen molar-refractivity contribution < 1.29 is 14.6 Å². The van der Waals surface area contributed by atoms with Gasteiger partial charge in [-0.2, -0.15) is 5.10 Å². The van der Waals surface area contributed by atoms with Gasteiger partial charge in [0.2, 0.25) is 0 Å². The number of nitrogens with zero attached hydrogens (tertiary/aromatic N) is 4. The fourth-order valence-electron chi connectivity index (χ4n) is 2.51. The van der Waals surface area contributed by atoms with Crippen LogP contribution in [0.15, 0.2) is 49.1 Å². The summed E-state index contributed by atoms with van der Waals surface area (Å²) in [6.07, 6.45) is 6.38. The summed E-state index contributed by atoms with van der Waals surface area (Å²) in [6, 6.07) is 7.06. The van der Waals surface area contributed by atoms with Crippen LogP contribution in [0.1, 0.15) is 24.2 Å². The summed E-state index contributed by atoms with van der Waals surface area (Å²) in [5, 5.41) is 16.5. The monoisotopic (exact) mass is 367 g/mol. The van der Waals surface area contributed by atoms with E-state index in [0.717, 1.165) is 5.56 Å². The summed E-state index contributed by atoms with van der Waals surface area (Å²) in [4.78, 5) is 20.8. The number of carbonyl (C=O) groups excluding carboxylic acids is 1. The number of nitrogens with one attached hydrogen (secondary N) is 1. The van der Waals surface area contributed by atoms with Crippen molar-refractivity contribution in [3.8, 4) is 17.0 Å². The van der Waals surface area contributed by atoms with Crippen molar-refractivity contribution in [1.82, 2.24) is 19.7 Å². The molecule has 8 nitrogen and oxygen atoms in total. The third-order valence-electron chi connectivity index (χ3n) is 3.64. The SMILES string of the molecule is CC(C)Oc1cncc(C(=O)Nc2cc(-c3cccnc3)nn2CCO)c1. The second-order valence-corrected chi connectivity index (χ2v) is 6.13. The molecule has 0 aliphatic heterocycles. The van der Waals surface area contributed by atoms with Crippen LogP contribution < -0.4 is 10.1 Å². The number of hydrogen-bond donors (Lipinski definition) is 2. The van der Waals surface area contributed by atoms with Crippen molar-refractivity contribution in [2.45, 2.75) is 26.5 Å². The number of aromatic nitrogens is 4. The Morgan fingerprint density at radius 1 is 1.26 bits per heavy atom. The molecule has 0 unspecified atom stereocenters. The quantitative estimate of drug-likeness (QED) is 0.665. The van der Waals surface area contributed by atoms with Crippen molar-refractivity contribution >= 4 is 11.7 Å². The zero-order valence-corrected chi connectivity index (χ0v) is 15.2. The van der Waals surface area contributed by atoms with Crippen molar-refractivity contribution in [2.24, 2.45) is 0 Å². The van der Waals surface area contributed by atoms with E-state index in [4.69, 9.17) is 4.74 Å². The number of aliphatic hydroxyl groups is 1. The highest BCUT2D eigenvalue weighted by Crippen LogP contribution is 2.22. The Labute approximate surface area is 156 Å². The van der Waals surface area contributed by atoms with E-state index in [0.29, 0.717) is 22.8 Å². The van der Waals surface area contributed by atoms with Gasteiger partial charge in [0.15, 0.2) is 0 Å². The van der Waals surface area contributed by atoms with Crippen molar-refractivity contribution in [3.63, 3.8) is 0 Å². The summed E-state index contributed by atoms with van der Waals surface area (Å²) in [6.45, 7) is 3.96. The fraction of sp³-hybridized carbons (Fsp3) is 0.263. The number of aliphatic hydroxyl groups excluding tert-OH is 1. The maximum Gasteiger partial charge on any atom is 0.258 e. The average Bonchev–Trinajstić information content (AvgIpc) is 3.05. The maximum atomic E-state index is 12.6. The Hall–Kier alpha value is -3.26. The molecule has 0 saturated carbocycles. The Morgan fingerprint density at radius 3 is 2.81 bits per heavy atom. The second-order valence-electron chi connectivity index (χ2n) is 6.13. The number of carbonyl (C=O) groups is 1. The van der Waals surface area contributed by atoms with Gasteiger partial charge < -0.3 is 15.2 Å². The van der Waals surface area contributed by atoms with Crippen LogP contribution in [0.2, 0.25) is 0 Å². The molecule has 0 saturated heterocycles. The molecule has 3 aromatic heterocycles. The molecule has 3 aromatic rings. The summed E-state index contributed by atoms with van der Waals surface area (Å²) < 4.78 is 7.12. The minimum Gasteiger partial charge on any atom is -0.489 e. The van der Waals surface area contributed by atoms with Gasteiger partial charge >= 0.3 is 0 Å². The van der Waals surface area contributed by atoms with E-state index in [1.54, 1.807) is 35.4 Å². The molecule has 0 fully saturated rings. The molecule has 0 spiro atoms. The first-order valence-electron chi connectivity index (χ1n) is 8.59. The van der Waals surface area contributed by atoms with E-state index in [9.17, 15) is 9.90 Å². The van der Waals surface area contributed by atoms with E-state index in [2.05, 4.69) is 20.4 Å². The van der Waals surface area contributed by atoms with Crippen LogP contribution in [-0.4, -0.2) is 43.5 Å². The van der Waals surface area contributed by atoms with E-state index >= 15 is 0 Å². The minimum atomic E-state index is -0.339. The van der Waals surface area contributed by atoms with Gasteiger partial charge in [-0.1, -0.05) is 0 Å². The number of amides is 1. The Morgan fingerprint density at radius 2 is 2.11 bits per heavy atom. The van der Waals surface area contributed by atoms with E-state index in [1.807, 2.05) is 26.0 Å². The molecule has 140 valence electrons. The standard InChI is InChI=1S/C19H21N5O3/c1-13(2)27-16-8-15(11-21-12-16)19(26)22-18-9-17(23-24(18)6-7-25)14-4-3-5-20-10-14/h3-5,8-13,25H,6-7H2,1-2H3,(H,22,26). The van der Waals surface area contributed by atoms with Crippen LogP contribution in [0, 0.1) is 0 Å². The Bertz CT molecular complexity index is 909. The lowest BCUT2D eigenvalue weighted by atomic mass is 10.2. The van der Waals surface area contributed by atoms with E-state index in [-0.39, 0.29) is 25.2 Å². The first-order chi connectivity index (χ1) is 13.1. The molecule has 3 rings (SSSR count). The van der Waals surface area contributed by atoms with Crippen molar-refractivity contribution in [1.29, 1.82) is 0 Å². The lowest BCUT2D eigenvalue weighted by molar-refractivity contribution is 0.102. The van der Waals surface area contributed by atoms with Gasteiger partial charge in [0.05, 0.1) is 36.7 Å². The first kappa shape index (κ1) is 18.5. The van der Waals surface area contributed by atoms with Gasteiger partial charge in [-0.05, 0) is 32.0 Å². The molecule has 0 radical (unpaired) electrons. The zero-order chi connectivity index (χ0) is 19.2. The van der Waals surface area contributed by atoms with Crippen LogP contribution in [0.3, 0.4) is 0 Å². The molecule has 8 heteroatoms. The molecule has 27 heavy (non-hydrogen) atoms. The molecule has 0 atom stereocenters. The minimum absolute atomic E-state index is 0.0156. The molecule has 0 bridgehead atoms. The lowest BCUT2D eigenvalue weighted by Crippen LogP contribution is -2.17. The molecular weight excluding hydrogens is 346 g/mol. The Kier molecular flexibility index (Phi) is 5.77. The van der Waals surface area contributed by atoms with Crippen LogP contribution in [0.4, 0.5) is 5.82 Å². The average molecular weight is 367 g/mol. The molecule has 0 aliphatic rings. The largest absolute Gasteiger partial charge is 0.489 e. The summed E-state index contributed by atoms with van der Waals surface area (Å²) in [7, 11) is 0. The molecule has 2 N–H and O–H groups in total. The van der Waals surface area contributed by atoms with Crippen LogP contribution in [0.25, 0.3) is 11.3 Å². The third kappa shape index (κ3) is 4.68. The third-order valence-corrected chi connectivity index (χ3v) is 3.64. The topological polar surface area (TPSA) is 102 Å². The summed E-state index contributed by atoms with van der Waals surface area (Å²) in [5.41, 5.74) is 1.84. The normalized spacial score (nSPS) is 10.8. The molecule has 0 aromatic carbocycles. The molecule has 0 aliphatic carbocycles. The predicted octanol–water partition coefficient (Wildman–Crippen LogP) is 2.37. The summed E-state index contributed by atoms with van der Waals surface area (Å²) in [5.74, 6) is 0.661. The second kappa shape index (κ2) is 8.41. The van der Waals surface area contributed by atoms with Gasteiger partial charge in [-0.3, -0.25) is 14.8 Å². The highest BCUT2D eigenvalue weighted by molar-refractivity contribution is 6.04.